The maximum atomic E-state index is 12.4. The zero-order chi connectivity index (χ0) is 15.9. The van der Waals surface area contributed by atoms with Crippen LogP contribution in [0.15, 0.2) is 36.9 Å². The summed E-state index contributed by atoms with van der Waals surface area (Å²) in [7, 11) is 0. The molecule has 2 rings (SSSR count). The van der Waals surface area contributed by atoms with E-state index in [2.05, 4.69) is 6.58 Å². The standard InChI is InChI=1S/C17H20ClNO3/c1-2-10-19(12-14-5-3-4-6-15(14)18)16(20)8-7-13-9-11-22-17(13)21/h2-6,13H,1,7-12H2/t13-/m1/s1. The number of carbonyl (C=O) groups excluding carboxylic acids is 2. The molecule has 22 heavy (non-hydrogen) atoms. The Labute approximate surface area is 135 Å². The molecule has 1 aromatic rings. The molecular formula is C17H20ClNO3. The maximum Gasteiger partial charge on any atom is 0.309 e. The van der Waals surface area contributed by atoms with Crippen molar-refractivity contribution in [1.29, 1.82) is 0 Å². The predicted octanol–water partition coefficient (Wildman–Crippen LogP) is 3.20. The molecule has 0 bridgehead atoms. The molecule has 1 fully saturated rings. The van der Waals surface area contributed by atoms with Crippen molar-refractivity contribution in [2.75, 3.05) is 13.2 Å². The van der Waals surface area contributed by atoms with Crippen LogP contribution in [-0.4, -0.2) is 29.9 Å². The first-order valence-electron chi connectivity index (χ1n) is 7.40. The summed E-state index contributed by atoms with van der Waals surface area (Å²) in [5.41, 5.74) is 0.902. The Morgan fingerprint density at radius 2 is 2.23 bits per heavy atom. The fraction of sp³-hybridized carbons (Fsp3) is 0.412. The Hall–Kier alpha value is -1.81. The lowest BCUT2D eigenvalue weighted by atomic mass is 10.0. The van der Waals surface area contributed by atoms with Gasteiger partial charge in [0.25, 0.3) is 0 Å². The third-order valence-corrected chi connectivity index (χ3v) is 4.14. The topological polar surface area (TPSA) is 46.6 Å². The highest BCUT2D eigenvalue weighted by molar-refractivity contribution is 6.31. The van der Waals surface area contributed by atoms with Gasteiger partial charge in [0.1, 0.15) is 0 Å². The minimum absolute atomic E-state index is 0.000445. The van der Waals surface area contributed by atoms with Gasteiger partial charge in [-0.25, -0.2) is 0 Å². The largest absolute Gasteiger partial charge is 0.465 e. The molecule has 1 atom stereocenters. The smallest absolute Gasteiger partial charge is 0.309 e. The van der Waals surface area contributed by atoms with Gasteiger partial charge in [-0.15, -0.1) is 6.58 Å². The number of halogens is 1. The van der Waals surface area contributed by atoms with Crippen LogP contribution in [0.3, 0.4) is 0 Å². The predicted molar refractivity (Wildman–Crippen MR) is 85.4 cm³/mol. The second-order valence-electron chi connectivity index (χ2n) is 5.35. The zero-order valence-corrected chi connectivity index (χ0v) is 13.2. The van der Waals surface area contributed by atoms with Crippen LogP contribution in [0.5, 0.6) is 0 Å². The highest BCUT2D eigenvalue weighted by atomic mass is 35.5. The number of rotatable bonds is 7. The Morgan fingerprint density at radius 3 is 2.86 bits per heavy atom. The lowest BCUT2D eigenvalue weighted by molar-refractivity contribution is -0.141. The molecule has 0 aliphatic carbocycles. The fourth-order valence-electron chi connectivity index (χ4n) is 2.50. The number of carbonyl (C=O) groups is 2. The lowest BCUT2D eigenvalue weighted by Crippen LogP contribution is -2.31. The van der Waals surface area contributed by atoms with Gasteiger partial charge in [0, 0.05) is 24.5 Å². The highest BCUT2D eigenvalue weighted by Crippen LogP contribution is 2.21. The summed E-state index contributed by atoms with van der Waals surface area (Å²) in [6, 6.07) is 7.46. The van der Waals surface area contributed by atoms with Crippen LogP contribution in [0.1, 0.15) is 24.8 Å². The van der Waals surface area contributed by atoms with Crippen LogP contribution in [0.2, 0.25) is 5.02 Å². The SMILES string of the molecule is C=CCN(Cc1ccccc1Cl)C(=O)CC[C@@H]1CCOC1=O. The summed E-state index contributed by atoms with van der Waals surface area (Å²) in [6.07, 6.45) is 3.27. The summed E-state index contributed by atoms with van der Waals surface area (Å²) in [5.74, 6) is -0.330. The van der Waals surface area contributed by atoms with Gasteiger partial charge in [-0.1, -0.05) is 35.9 Å². The Bertz CT molecular complexity index is 559. The number of esters is 1. The molecule has 0 aromatic heterocycles. The molecule has 1 aliphatic heterocycles. The maximum absolute atomic E-state index is 12.4. The number of nitrogens with zero attached hydrogens (tertiary/aromatic N) is 1. The van der Waals surface area contributed by atoms with Crippen molar-refractivity contribution in [2.45, 2.75) is 25.8 Å². The first-order valence-corrected chi connectivity index (χ1v) is 7.78. The summed E-state index contributed by atoms with van der Waals surface area (Å²) < 4.78 is 4.92. The zero-order valence-electron chi connectivity index (χ0n) is 12.5. The first kappa shape index (κ1) is 16.6. The summed E-state index contributed by atoms with van der Waals surface area (Å²) >= 11 is 6.15. The quantitative estimate of drug-likeness (QED) is 0.572. The van der Waals surface area contributed by atoms with Gasteiger partial charge < -0.3 is 9.64 Å². The molecule has 0 spiro atoms. The van der Waals surface area contributed by atoms with E-state index < -0.39 is 0 Å². The number of hydrogen-bond acceptors (Lipinski definition) is 3. The van der Waals surface area contributed by atoms with Crippen molar-refractivity contribution in [3.63, 3.8) is 0 Å². The van der Waals surface area contributed by atoms with Crippen LogP contribution < -0.4 is 0 Å². The number of cyclic esters (lactones) is 1. The lowest BCUT2D eigenvalue weighted by Gasteiger charge is -2.22. The van der Waals surface area contributed by atoms with Crippen molar-refractivity contribution in [2.24, 2.45) is 5.92 Å². The van der Waals surface area contributed by atoms with Gasteiger partial charge in [-0.3, -0.25) is 9.59 Å². The van der Waals surface area contributed by atoms with Crippen LogP contribution in [0, 0.1) is 5.92 Å². The molecule has 0 saturated carbocycles. The molecule has 1 heterocycles. The molecule has 0 radical (unpaired) electrons. The number of ether oxygens (including phenoxy) is 1. The van der Waals surface area contributed by atoms with E-state index in [-0.39, 0.29) is 17.8 Å². The molecular weight excluding hydrogens is 302 g/mol. The molecule has 0 unspecified atom stereocenters. The van der Waals surface area contributed by atoms with E-state index in [0.29, 0.717) is 44.0 Å². The van der Waals surface area contributed by atoms with E-state index in [1.165, 1.54) is 0 Å². The summed E-state index contributed by atoms with van der Waals surface area (Å²) in [6.45, 7) is 5.06. The average molecular weight is 322 g/mol. The van der Waals surface area contributed by atoms with Crippen molar-refractivity contribution in [3.05, 3.63) is 47.5 Å². The van der Waals surface area contributed by atoms with Gasteiger partial charge in [0.15, 0.2) is 0 Å². The van der Waals surface area contributed by atoms with E-state index in [1.54, 1.807) is 11.0 Å². The van der Waals surface area contributed by atoms with Gasteiger partial charge >= 0.3 is 5.97 Å². The molecule has 1 aliphatic rings. The molecule has 0 N–H and O–H groups in total. The molecule has 5 heteroatoms. The second-order valence-corrected chi connectivity index (χ2v) is 5.75. The normalized spacial score (nSPS) is 17.1. The first-order chi connectivity index (χ1) is 10.6. The van der Waals surface area contributed by atoms with E-state index >= 15 is 0 Å². The highest BCUT2D eigenvalue weighted by Gasteiger charge is 2.27. The molecule has 1 amide bonds. The van der Waals surface area contributed by atoms with Gasteiger partial charge in [0.2, 0.25) is 5.91 Å². The van der Waals surface area contributed by atoms with Gasteiger partial charge in [0.05, 0.1) is 12.5 Å². The monoisotopic (exact) mass is 321 g/mol. The Balaban J connectivity index is 1.94. The van der Waals surface area contributed by atoms with Gasteiger partial charge in [-0.05, 0) is 24.5 Å². The van der Waals surface area contributed by atoms with E-state index in [4.69, 9.17) is 16.3 Å². The average Bonchev–Trinajstić information content (AvgIpc) is 2.92. The van der Waals surface area contributed by atoms with Gasteiger partial charge in [-0.2, -0.15) is 0 Å². The van der Waals surface area contributed by atoms with Crippen molar-refractivity contribution in [1.82, 2.24) is 4.90 Å². The van der Waals surface area contributed by atoms with E-state index in [9.17, 15) is 9.59 Å². The Morgan fingerprint density at radius 1 is 1.45 bits per heavy atom. The molecule has 118 valence electrons. The van der Waals surface area contributed by atoms with E-state index in [0.717, 1.165) is 5.56 Å². The summed E-state index contributed by atoms with van der Waals surface area (Å²) in [5, 5.41) is 0.642. The van der Waals surface area contributed by atoms with Crippen molar-refractivity contribution in [3.8, 4) is 0 Å². The summed E-state index contributed by atoms with van der Waals surface area (Å²) in [4.78, 5) is 25.5. The van der Waals surface area contributed by atoms with Crippen LogP contribution >= 0.6 is 11.6 Å². The van der Waals surface area contributed by atoms with Crippen LogP contribution in [0.4, 0.5) is 0 Å². The van der Waals surface area contributed by atoms with Crippen molar-refractivity contribution >= 4 is 23.5 Å². The molecule has 1 saturated heterocycles. The number of amides is 1. The second kappa shape index (κ2) is 7.99. The molecule has 1 aromatic carbocycles. The van der Waals surface area contributed by atoms with Crippen molar-refractivity contribution < 1.29 is 14.3 Å². The number of hydrogen-bond donors (Lipinski definition) is 0. The number of benzene rings is 1. The third kappa shape index (κ3) is 4.34. The minimum Gasteiger partial charge on any atom is -0.465 e. The van der Waals surface area contributed by atoms with Crippen LogP contribution in [-0.2, 0) is 20.9 Å². The minimum atomic E-state index is -0.186. The molecule has 4 nitrogen and oxygen atoms in total. The Kier molecular flexibility index (Phi) is 6.01. The fourth-order valence-corrected chi connectivity index (χ4v) is 2.69. The van der Waals surface area contributed by atoms with E-state index in [1.807, 2.05) is 24.3 Å². The van der Waals surface area contributed by atoms with Crippen LogP contribution in [0.25, 0.3) is 0 Å². The third-order valence-electron chi connectivity index (χ3n) is 3.77.